The van der Waals surface area contributed by atoms with Gasteiger partial charge in [0, 0.05) is 11.4 Å². The van der Waals surface area contributed by atoms with E-state index in [0.29, 0.717) is 17.0 Å². The van der Waals surface area contributed by atoms with Crippen LogP contribution >= 0.6 is 0 Å². The quantitative estimate of drug-likeness (QED) is 0.789. The number of halogens is 3. The van der Waals surface area contributed by atoms with E-state index in [2.05, 4.69) is 4.99 Å². The summed E-state index contributed by atoms with van der Waals surface area (Å²) in [6.07, 6.45) is -3.05. The van der Waals surface area contributed by atoms with Gasteiger partial charge in [-0.05, 0) is 50.6 Å². The highest BCUT2D eigenvalue weighted by Gasteiger charge is 2.34. The Morgan fingerprint density at radius 2 is 1.82 bits per heavy atom. The minimum Gasteiger partial charge on any atom is -0.505 e. The Labute approximate surface area is 158 Å². The Hall–Kier alpha value is -3.29. The molecule has 5 nitrogen and oxygen atoms in total. The maximum absolute atomic E-state index is 13.4. The Kier molecular flexibility index (Phi) is 4.66. The van der Waals surface area contributed by atoms with Crippen molar-refractivity contribution in [3.05, 3.63) is 69.9 Å². The molecule has 146 valence electrons. The van der Waals surface area contributed by atoms with E-state index >= 15 is 0 Å². The number of rotatable bonds is 3. The van der Waals surface area contributed by atoms with Crippen molar-refractivity contribution in [2.45, 2.75) is 26.9 Å². The fraction of sp³-hybridized carbons (Fsp3) is 0.200. The Morgan fingerprint density at radius 1 is 1.18 bits per heavy atom. The van der Waals surface area contributed by atoms with E-state index in [9.17, 15) is 23.1 Å². The summed E-state index contributed by atoms with van der Waals surface area (Å²) < 4.78 is 41.7. The van der Waals surface area contributed by atoms with Crippen LogP contribution in [0.15, 0.2) is 52.4 Å². The number of aromatic nitrogens is 1. The number of aliphatic imine (C=N–C) groups is 1. The molecule has 0 saturated heterocycles. The largest absolute Gasteiger partial charge is 0.505 e. The van der Waals surface area contributed by atoms with Gasteiger partial charge in [0.2, 0.25) is 0 Å². The summed E-state index contributed by atoms with van der Waals surface area (Å²) in [6, 6.07) is 6.92. The zero-order valence-electron chi connectivity index (χ0n) is 15.3. The zero-order chi connectivity index (χ0) is 20.8. The first-order chi connectivity index (χ1) is 13.0. The Balaban J connectivity index is 2.15. The monoisotopic (exact) mass is 390 g/mol. The third-order valence-electron chi connectivity index (χ3n) is 4.56. The fourth-order valence-corrected chi connectivity index (χ4v) is 3.31. The van der Waals surface area contributed by atoms with Gasteiger partial charge in [-0.1, -0.05) is 12.1 Å². The number of aliphatic carboxylic acids is 1. The Morgan fingerprint density at radius 3 is 2.39 bits per heavy atom. The molecule has 0 spiro atoms. The van der Waals surface area contributed by atoms with Gasteiger partial charge in [-0.15, -0.1) is 0 Å². The van der Waals surface area contributed by atoms with E-state index in [1.807, 2.05) is 0 Å². The van der Waals surface area contributed by atoms with Crippen LogP contribution < -0.4 is 0 Å². The summed E-state index contributed by atoms with van der Waals surface area (Å²) >= 11 is 0. The van der Waals surface area contributed by atoms with Crippen LogP contribution in [0, 0.1) is 13.8 Å². The van der Waals surface area contributed by atoms with Gasteiger partial charge in [0.1, 0.15) is 11.3 Å². The van der Waals surface area contributed by atoms with Gasteiger partial charge in [0.15, 0.2) is 5.76 Å². The molecule has 0 fully saturated rings. The molecule has 1 aliphatic rings. The lowest BCUT2D eigenvalue weighted by Crippen LogP contribution is -2.12. The summed E-state index contributed by atoms with van der Waals surface area (Å²) in [6.45, 7) is 4.78. The molecular formula is C20H17F3N2O3. The number of aliphatic hydroxyl groups is 1. The van der Waals surface area contributed by atoms with Crippen LogP contribution in [0.2, 0.25) is 0 Å². The number of hydrogen-bond acceptors (Lipinski definition) is 3. The molecule has 28 heavy (non-hydrogen) atoms. The van der Waals surface area contributed by atoms with Gasteiger partial charge in [0.25, 0.3) is 0 Å². The van der Waals surface area contributed by atoms with Crippen molar-refractivity contribution in [2.24, 2.45) is 4.99 Å². The van der Waals surface area contributed by atoms with Gasteiger partial charge in [-0.3, -0.25) is 0 Å². The molecule has 0 saturated carbocycles. The van der Waals surface area contributed by atoms with Gasteiger partial charge in [0.05, 0.1) is 17.0 Å². The second-order valence-corrected chi connectivity index (χ2v) is 6.43. The number of aryl methyl sites for hydroxylation is 1. The van der Waals surface area contributed by atoms with Crippen molar-refractivity contribution in [3.63, 3.8) is 0 Å². The number of alkyl halides is 3. The lowest BCUT2D eigenvalue weighted by Gasteiger charge is -2.16. The molecule has 1 aromatic carbocycles. The first-order valence-corrected chi connectivity index (χ1v) is 8.32. The lowest BCUT2D eigenvalue weighted by atomic mass is 10.1. The molecule has 1 aliphatic heterocycles. The summed E-state index contributed by atoms with van der Waals surface area (Å²) in [5.41, 5.74) is 0.745. The molecule has 2 N–H and O–H groups in total. The van der Waals surface area contributed by atoms with E-state index in [1.165, 1.54) is 35.8 Å². The van der Waals surface area contributed by atoms with E-state index < -0.39 is 23.5 Å². The van der Waals surface area contributed by atoms with E-state index in [1.54, 1.807) is 19.9 Å². The third-order valence-corrected chi connectivity index (χ3v) is 4.56. The maximum atomic E-state index is 13.4. The molecule has 8 heteroatoms. The number of carbonyl (C=O) groups is 1. The normalized spacial score (nSPS) is 16.1. The second kappa shape index (κ2) is 6.70. The van der Waals surface area contributed by atoms with Crippen LogP contribution in [0.4, 0.5) is 13.2 Å². The van der Waals surface area contributed by atoms with Gasteiger partial charge in [-0.2, -0.15) is 13.2 Å². The number of carboxylic acid groups (broad SMARTS) is 1. The molecule has 2 aromatic rings. The van der Waals surface area contributed by atoms with Crippen molar-refractivity contribution < 1.29 is 28.2 Å². The van der Waals surface area contributed by atoms with Crippen molar-refractivity contribution in [1.29, 1.82) is 0 Å². The molecule has 0 radical (unpaired) electrons. The summed E-state index contributed by atoms with van der Waals surface area (Å²) in [5, 5.41) is 19.3. The van der Waals surface area contributed by atoms with E-state index in [4.69, 9.17) is 5.11 Å². The summed E-state index contributed by atoms with van der Waals surface area (Å²) in [4.78, 5) is 15.3. The van der Waals surface area contributed by atoms with Crippen LogP contribution in [0.3, 0.4) is 0 Å². The lowest BCUT2D eigenvalue weighted by molar-refractivity contribution is -0.137. The molecule has 0 amide bonds. The number of benzene rings is 1. The average molecular weight is 390 g/mol. The van der Waals surface area contributed by atoms with E-state index in [-0.39, 0.29) is 22.7 Å². The predicted octanol–water partition coefficient (Wildman–Crippen LogP) is 4.83. The van der Waals surface area contributed by atoms with Gasteiger partial charge in [-0.25, -0.2) is 9.79 Å². The molecule has 2 heterocycles. The third kappa shape index (κ3) is 3.21. The summed E-state index contributed by atoms with van der Waals surface area (Å²) in [7, 11) is 0. The second-order valence-electron chi connectivity index (χ2n) is 6.43. The summed E-state index contributed by atoms with van der Waals surface area (Å²) in [5.74, 6) is -1.77. The molecular weight excluding hydrogens is 373 g/mol. The molecule has 0 aliphatic carbocycles. The Bertz CT molecular complexity index is 1070. The molecule has 0 unspecified atom stereocenters. The smallest absolute Gasteiger partial charge is 0.418 e. The number of nitrogens with zero attached hydrogens (tertiary/aromatic N) is 2. The van der Waals surface area contributed by atoms with Crippen LogP contribution in [0.25, 0.3) is 11.8 Å². The first-order valence-electron chi connectivity index (χ1n) is 8.32. The van der Waals surface area contributed by atoms with Gasteiger partial charge >= 0.3 is 12.1 Å². The SMILES string of the molecule is CC1=N/C(=C/c2cc(C)n(-c3ccccc3C(F)(F)F)c2C)C(O)=C1C(=O)O. The van der Waals surface area contributed by atoms with E-state index in [0.717, 1.165) is 6.07 Å². The highest BCUT2D eigenvalue weighted by molar-refractivity contribution is 6.21. The standard InChI is InChI=1S/C20H17F3N2O3/c1-10-8-13(9-15-18(26)17(19(27)28)11(2)24-15)12(3)25(10)16-7-5-4-6-14(16)20(21,22)23/h4-9,26H,1-3H3,(H,27,28)/b15-9+. The number of carboxylic acids is 1. The highest BCUT2D eigenvalue weighted by atomic mass is 19.4. The molecule has 1 aromatic heterocycles. The highest BCUT2D eigenvalue weighted by Crippen LogP contribution is 2.36. The minimum absolute atomic E-state index is 0.00765. The average Bonchev–Trinajstić information content (AvgIpc) is 3.02. The van der Waals surface area contributed by atoms with Crippen LogP contribution in [-0.4, -0.2) is 26.5 Å². The predicted molar refractivity (Wildman–Crippen MR) is 98.6 cm³/mol. The zero-order valence-corrected chi connectivity index (χ0v) is 15.3. The number of para-hydroxylation sites is 1. The first kappa shape index (κ1) is 19.5. The molecule has 0 bridgehead atoms. The van der Waals surface area contributed by atoms with Crippen molar-refractivity contribution in [2.75, 3.05) is 0 Å². The number of hydrogen-bond donors (Lipinski definition) is 2. The maximum Gasteiger partial charge on any atom is 0.418 e. The number of aliphatic hydroxyl groups excluding tert-OH is 1. The fourth-order valence-electron chi connectivity index (χ4n) is 3.31. The van der Waals surface area contributed by atoms with Crippen LogP contribution in [-0.2, 0) is 11.0 Å². The van der Waals surface area contributed by atoms with Crippen LogP contribution in [0.1, 0.15) is 29.4 Å². The van der Waals surface area contributed by atoms with Crippen molar-refractivity contribution in [1.82, 2.24) is 4.57 Å². The topological polar surface area (TPSA) is 74.8 Å². The molecule has 0 atom stereocenters. The minimum atomic E-state index is -4.51. The van der Waals surface area contributed by atoms with Crippen LogP contribution in [0.5, 0.6) is 0 Å². The van der Waals surface area contributed by atoms with Crippen molar-refractivity contribution >= 4 is 17.8 Å². The van der Waals surface area contributed by atoms with Gasteiger partial charge < -0.3 is 14.8 Å². The molecule has 3 rings (SSSR count). The van der Waals surface area contributed by atoms with Crippen molar-refractivity contribution in [3.8, 4) is 5.69 Å².